The van der Waals surface area contributed by atoms with E-state index in [1.54, 1.807) is 0 Å². The van der Waals surface area contributed by atoms with Crippen molar-refractivity contribution in [3.8, 4) is 0 Å². The van der Waals surface area contributed by atoms with Gasteiger partial charge in [0.1, 0.15) is 5.54 Å². The molecular formula is C10H11NNaO4. The monoisotopic (exact) mass is 232 g/mol. The third-order valence-electron chi connectivity index (χ3n) is 2.18. The van der Waals surface area contributed by atoms with Gasteiger partial charge in [0.05, 0.1) is 5.56 Å². The zero-order valence-electron chi connectivity index (χ0n) is 9.10. The predicted octanol–water partition coefficient (Wildman–Crippen LogP) is 0.263. The van der Waals surface area contributed by atoms with Crippen LogP contribution in [0.4, 0.5) is 0 Å². The number of hydrogen-bond acceptors (Lipinski definition) is 3. The van der Waals surface area contributed by atoms with E-state index in [0.29, 0.717) is 5.56 Å². The molecule has 0 aliphatic carbocycles. The Kier molecular flexibility index (Phi) is 5.15. The van der Waals surface area contributed by atoms with Crippen molar-refractivity contribution in [1.82, 2.24) is 0 Å². The van der Waals surface area contributed by atoms with Gasteiger partial charge in [-0.25, -0.2) is 9.59 Å². The smallest absolute Gasteiger partial charge is 0.335 e. The van der Waals surface area contributed by atoms with Gasteiger partial charge in [-0.15, -0.1) is 0 Å². The normalized spacial score (nSPS) is 13.4. The van der Waals surface area contributed by atoms with Gasteiger partial charge >= 0.3 is 11.9 Å². The molecule has 0 heterocycles. The number of carboxylic acids is 2. The van der Waals surface area contributed by atoms with Gasteiger partial charge in [0.2, 0.25) is 0 Å². The van der Waals surface area contributed by atoms with E-state index in [0.717, 1.165) is 0 Å². The Labute approximate surface area is 115 Å². The molecule has 0 fully saturated rings. The fraction of sp³-hybridized carbons (Fsp3) is 0.200. The van der Waals surface area contributed by atoms with Gasteiger partial charge in [-0.2, -0.15) is 0 Å². The van der Waals surface area contributed by atoms with E-state index in [2.05, 4.69) is 0 Å². The summed E-state index contributed by atoms with van der Waals surface area (Å²) in [6, 6.07) is 5.45. The maximum absolute atomic E-state index is 10.8. The van der Waals surface area contributed by atoms with Crippen molar-refractivity contribution in [1.29, 1.82) is 0 Å². The Bertz CT molecular complexity index is 400. The Morgan fingerprint density at radius 1 is 1.19 bits per heavy atom. The van der Waals surface area contributed by atoms with Crippen LogP contribution in [-0.2, 0) is 10.3 Å². The van der Waals surface area contributed by atoms with Gasteiger partial charge in [0.15, 0.2) is 0 Å². The second kappa shape index (κ2) is 5.45. The van der Waals surface area contributed by atoms with Crippen LogP contribution in [0.2, 0.25) is 0 Å². The fourth-order valence-corrected chi connectivity index (χ4v) is 1.08. The number of aliphatic carboxylic acids is 1. The summed E-state index contributed by atoms with van der Waals surface area (Å²) in [7, 11) is 0. The largest absolute Gasteiger partial charge is 0.480 e. The standard InChI is InChI=1S/C10H11NO4.Na/c1-10(11,9(14)15)7-4-2-6(3-5-7)8(12)13;/h2-5H,11H2,1H3,(H,12,13)(H,14,15);. The van der Waals surface area contributed by atoms with Crippen LogP contribution in [0.1, 0.15) is 22.8 Å². The summed E-state index contributed by atoms with van der Waals surface area (Å²) >= 11 is 0. The maximum atomic E-state index is 10.8. The maximum Gasteiger partial charge on any atom is 0.335 e. The number of benzene rings is 1. The van der Waals surface area contributed by atoms with Crippen molar-refractivity contribution in [2.45, 2.75) is 12.5 Å². The molecule has 1 aromatic rings. The minimum absolute atomic E-state index is 0. The minimum Gasteiger partial charge on any atom is -0.480 e. The van der Waals surface area contributed by atoms with Gasteiger partial charge in [0.25, 0.3) is 0 Å². The van der Waals surface area contributed by atoms with Crippen LogP contribution in [-0.4, -0.2) is 51.7 Å². The molecule has 0 bridgehead atoms. The SMILES string of the molecule is CC(N)(C(=O)O)c1ccc(C(=O)O)cc1.[Na]. The number of carboxylic acid groups (broad SMARTS) is 2. The zero-order chi connectivity index (χ0) is 11.6. The zero-order valence-corrected chi connectivity index (χ0v) is 11.1. The van der Waals surface area contributed by atoms with E-state index >= 15 is 0 Å². The number of carbonyl (C=O) groups is 2. The van der Waals surface area contributed by atoms with E-state index in [1.165, 1.54) is 31.2 Å². The molecule has 81 valence electrons. The number of rotatable bonds is 3. The van der Waals surface area contributed by atoms with Crippen LogP contribution in [0.5, 0.6) is 0 Å². The van der Waals surface area contributed by atoms with E-state index in [-0.39, 0.29) is 35.1 Å². The van der Waals surface area contributed by atoms with Gasteiger partial charge in [-0.1, -0.05) is 12.1 Å². The minimum atomic E-state index is -1.50. The molecule has 0 spiro atoms. The Morgan fingerprint density at radius 2 is 1.62 bits per heavy atom. The molecule has 0 saturated heterocycles. The van der Waals surface area contributed by atoms with Crippen LogP contribution in [0.15, 0.2) is 24.3 Å². The van der Waals surface area contributed by atoms with E-state index in [4.69, 9.17) is 15.9 Å². The molecule has 0 aliphatic heterocycles. The summed E-state index contributed by atoms with van der Waals surface area (Å²) in [5, 5.41) is 17.5. The van der Waals surface area contributed by atoms with Crippen LogP contribution in [0, 0.1) is 0 Å². The summed E-state index contributed by atoms with van der Waals surface area (Å²) < 4.78 is 0. The molecule has 0 aromatic heterocycles. The summed E-state index contributed by atoms with van der Waals surface area (Å²) in [5.74, 6) is -2.22. The first-order valence-electron chi connectivity index (χ1n) is 4.22. The van der Waals surface area contributed by atoms with Crippen LogP contribution < -0.4 is 5.73 Å². The summed E-state index contributed by atoms with van der Waals surface area (Å²) in [6.07, 6.45) is 0. The van der Waals surface area contributed by atoms with Gasteiger partial charge in [-0.3, -0.25) is 0 Å². The molecule has 6 heteroatoms. The molecular weight excluding hydrogens is 221 g/mol. The molecule has 0 aliphatic rings. The van der Waals surface area contributed by atoms with Crippen molar-refractivity contribution in [3.05, 3.63) is 35.4 Å². The summed E-state index contributed by atoms with van der Waals surface area (Å²) in [4.78, 5) is 21.3. The third-order valence-corrected chi connectivity index (χ3v) is 2.18. The van der Waals surface area contributed by atoms with Crippen LogP contribution >= 0.6 is 0 Å². The molecule has 1 aromatic carbocycles. The topological polar surface area (TPSA) is 101 Å². The Hall–Kier alpha value is -0.880. The van der Waals surface area contributed by atoms with Crippen molar-refractivity contribution < 1.29 is 19.8 Å². The van der Waals surface area contributed by atoms with E-state index in [9.17, 15) is 9.59 Å². The predicted molar refractivity (Wildman–Crippen MR) is 58.3 cm³/mol. The summed E-state index contributed by atoms with van der Waals surface area (Å²) in [6.45, 7) is 1.35. The Balaban J connectivity index is 0.00000225. The molecule has 0 amide bonds. The molecule has 0 saturated carbocycles. The first kappa shape index (κ1) is 15.1. The first-order chi connectivity index (χ1) is 6.85. The molecule has 1 rings (SSSR count). The second-order valence-electron chi connectivity index (χ2n) is 3.39. The number of nitrogens with two attached hydrogens (primary N) is 1. The Morgan fingerprint density at radius 3 is 1.94 bits per heavy atom. The second-order valence-corrected chi connectivity index (χ2v) is 3.39. The van der Waals surface area contributed by atoms with E-state index < -0.39 is 17.5 Å². The average Bonchev–Trinajstić information content (AvgIpc) is 2.17. The third kappa shape index (κ3) is 3.05. The van der Waals surface area contributed by atoms with Crippen LogP contribution in [0.3, 0.4) is 0 Å². The van der Waals surface area contributed by atoms with Crippen molar-refractivity contribution in [2.24, 2.45) is 5.73 Å². The van der Waals surface area contributed by atoms with Crippen molar-refractivity contribution >= 4 is 41.5 Å². The molecule has 5 nitrogen and oxygen atoms in total. The molecule has 1 unspecified atom stereocenters. The first-order valence-corrected chi connectivity index (χ1v) is 4.22. The van der Waals surface area contributed by atoms with Crippen molar-refractivity contribution in [2.75, 3.05) is 0 Å². The summed E-state index contributed by atoms with van der Waals surface area (Å²) in [5.41, 5.74) is 4.52. The van der Waals surface area contributed by atoms with Gasteiger partial charge in [-0.05, 0) is 24.6 Å². The van der Waals surface area contributed by atoms with E-state index in [1.807, 2.05) is 0 Å². The fourth-order valence-electron chi connectivity index (χ4n) is 1.08. The van der Waals surface area contributed by atoms with Gasteiger partial charge in [0, 0.05) is 29.6 Å². The quantitative estimate of drug-likeness (QED) is 0.649. The van der Waals surface area contributed by atoms with Crippen LogP contribution in [0.25, 0.3) is 0 Å². The molecule has 1 radical (unpaired) electrons. The van der Waals surface area contributed by atoms with Crippen molar-refractivity contribution in [3.63, 3.8) is 0 Å². The molecule has 16 heavy (non-hydrogen) atoms. The average molecular weight is 232 g/mol. The number of hydrogen-bond donors (Lipinski definition) is 3. The molecule has 1 atom stereocenters. The molecule has 4 N–H and O–H groups in total. The van der Waals surface area contributed by atoms with Gasteiger partial charge < -0.3 is 15.9 Å². The number of aromatic carboxylic acids is 1.